The van der Waals surface area contributed by atoms with E-state index in [2.05, 4.69) is 5.32 Å². The number of ether oxygens (including phenoxy) is 1. The van der Waals surface area contributed by atoms with Crippen LogP contribution in [0.3, 0.4) is 0 Å². The molecule has 0 saturated heterocycles. The molecule has 8 heteroatoms. The van der Waals surface area contributed by atoms with Crippen molar-refractivity contribution in [2.75, 3.05) is 4.90 Å². The molecule has 0 radical (unpaired) electrons. The molecule has 45 heavy (non-hydrogen) atoms. The molecule has 0 bridgehead atoms. The topological polar surface area (TPSA) is 84.7 Å². The van der Waals surface area contributed by atoms with Gasteiger partial charge in [0.05, 0.1) is 12.2 Å². The van der Waals surface area contributed by atoms with Gasteiger partial charge in [-0.25, -0.2) is 8.78 Å². The number of anilines is 1. The lowest BCUT2D eigenvalue weighted by Crippen LogP contribution is -2.32. The highest BCUT2D eigenvalue weighted by Crippen LogP contribution is 2.34. The van der Waals surface area contributed by atoms with E-state index >= 15 is 0 Å². The summed E-state index contributed by atoms with van der Waals surface area (Å²) < 4.78 is 33.6. The molecule has 0 spiro atoms. The van der Waals surface area contributed by atoms with Crippen molar-refractivity contribution >= 4 is 17.5 Å². The van der Waals surface area contributed by atoms with Gasteiger partial charge in [-0.15, -0.1) is 0 Å². The second-order valence-corrected chi connectivity index (χ2v) is 10.5. The maximum Gasteiger partial charge on any atom is 0.227 e. The number of amides is 2. The molecule has 0 saturated carbocycles. The Morgan fingerprint density at radius 1 is 0.733 bits per heavy atom. The first-order valence-electron chi connectivity index (χ1n) is 14.6. The van der Waals surface area contributed by atoms with Crippen molar-refractivity contribution in [3.8, 4) is 22.6 Å². The highest BCUT2D eigenvalue weighted by molar-refractivity contribution is 5.96. The third-order valence-electron chi connectivity index (χ3n) is 7.29. The number of para-hydroxylation sites is 2. The van der Waals surface area contributed by atoms with E-state index < -0.39 is 5.82 Å². The van der Waals surface area contributed by atoms with Gasteiger partial charge in [-0.3, -0.25) is 9.59 Å². The molecule has 6 nitrogen and oxygen atoms in total. The molecular formula is C37H33F2N3O3. The van der Waals surface area contributed by atoms with Crippen molar-refractivity contribution in [1.82, 2.24) is 5.32 Å². The van der Waals surface area contributed by atoms with Crippen LogP contribution in [-0.4, -0.2) is 11.8 Å². The van der Waals surface area contributed by atoms with Gasteiger partial charge < -0.3 is 20.7 Å². The summed E-state index contributed by atoms with van der Waals surface area (Å²) >= 11 is 0. The largest absolute Gasteiger partial charge is 0.455 e. The fourth-order valence-corrected chi connectivity index (χ4v) is 4.84. The van der Waals surface area contributed by atoms with E-state index in [9.17, 15) is 18.4 Å². The number of carbonyl (C=O) groups is 2. The van der Waals surface area contributed by atoms with Crippen LogP contribution in [0.25, 0.3) is 11.1 Å². The summed E-state index contributed by atoms with van der Waals surface area (Å²) in [6, 6.07) is 34.8. The van der Waals surface area contributed by atoms with Crippen LogP contribution in [0.4, 0.5) is 14.5 Å². The summed E-state index contributed by atoms with van der Waals surface area (Å²) in [4.78, 5) is 28.0. The van der Waals surface area contributed by atoms with Crippen LogP contribution < -0.4 is 20.7 Å². The summed E-state index contributed by atoms with van der Waals surface area (Å²) in [5, 5.41) is 2.70. The van der Waals surface area contributed by atoms with Crippen molar-refractivity contribution < 1.29 is 23.1 Å². The SMILES string of the molecule is NCc1cccc(Oc2ccccc2N(Cc2ccc(-c3ccc(F)cc3)cc2)C(=O)CCC(=O)NCc2ccccc2F)c1. The highest BCUT2D eigenvalue weighted by atomic mass is 19.1. The molecule has 228 valence electrons. The third kappa shape index (κ3) is 8.40. The van der Waals surface area contributed by atoms with Crippen molar-refractivity contribution in [1.29, 1.82) is 0 Å². The minimum absolute atomic E-state index is 0.0301. The van der Waals surface area contributed by atoms with E-state index in [-0.39, 0.29) is 43.6 Å². The van der Waals surface area contributed by atoms with Gasteiger partial charge in [-0.2, -0.15) is 0 Å². The predicted molar refractivity (Wildman–Crippen MR) is 171 cm³/mol. The van der Waals surface area contributed by atoms with E-state index in [0.717, 1.165) is 22.3 Å². The quantitative estimate of drug-likeness (QED) is 0.154. The average Bonchev–Trinajstić information content (AvgIpc) is 3.07. The fraction of sp³-hybridized carbons (Fsp3) is 0.135. The van der Waals surface area contributed by atoms with Crippen molar-refractivity contribution in [3.05, 3.63) is 150 Å². The van der Waals surface area contributed by atoms with Crippen LogP contribution in [0.5, 0.6) is 11.5 Å². The van der Waals surface area contributed by atoms with Crippen LogP contribution >= 0.6 is 0 Å². The summed E-state index contributed by atoms with van der Waals surface area (Å²) in [6.07, 6.45) is -0.150. The molecule has 0 unspecified atom stereocenters. The molecule has 2 amide bonds. The molecule has 5 aromatic rings. The molecule has 0 aliphatic rings. The Balaban J connectivity index is 1.36. The lowest BCUT2D eigenvalue weighted by molar-refractivity contribution is -0.125. The zero-order chi connectivity index (χ0) is 31.6. The summed E-state index contributed by atoms with van der Waals surface area (Å²) in [5.74, 6) is -0.315. The van der Waals surface area contributed by atoms with Crippen molar-refractivity contribution in [2.24, 2.45) is 5.73 Å². The van der Waals surface area contributed by atoms with Crippen LogP contribution in [0, 0.1) is 11.6 Å². The molecule has 0 aliphatic carbocycles. The van der Waals surface area contributed by atoms with Gasteiger partial charge in [0.2, 0.25) is 11.8 Å². The fourth-order valence-electron chi connectivity index (χ4n) is 4.84. The summed E-state index contributed by atoms with van der Waals surface area (Å²) in [7, 11) is 0. The van der Waals surface area contributed by atoms with Gasteiger partial charge in [0.15, 0.2) is 5.75 Å². The monoisotopic (exact) mass is 605 g/mol. The third-order valence-corrected chi connectivity index (χ3v) is 7.29. The molecule has 5 aromatic carbocycles. The van der Waals surface area contributed by atoms with E-state index in [1.165, 1.54) is 18.2 Å². The Hall–Kier alpha value is -5.34. The molecule has 3 N–H and O–H groups in total. The molecular weight excluding hydrogens is 572 g/mol. The molecule has 0 heterocycles. The first kappa shape index (κ1) is 31.1. The predicted octanol–water partition coefficient (Wildman–Crippen LogP) is 7.51. The zero-order valence-electron chi connectivity index (χ0n) is 24.6. The summed E-state index contributed by atoms with van der Waals surface area (Å²) in [5.41, 5.74) is 10.2. The van der Waals surface area contributed by atoms with E-state index in [1.54, 1.807) is 47.4 Å². The van der Waals surface area contributed by atoms with Crippen LogP contribution in [0.1, 0.15) is 29.5 Å². The lowest BCUT2D eigenvalue weighted by Gasteiger charge is -2.25. The smallest absolute Gasteiger partial charge is 0.227 e. The number of nitrogens with one attached hydrogen (secondary N) is 1. The molecule has 5 rings (SSSR count). The van der Waals surface area contributed by atoms with Gasteiger partial charge in [-0.1, -0.05) is 78.9 Å². The normalized spacial score (nSPS) is 10.7. The molecule has 0 atom stereocenters. The van der Waals surface area contributed by atoms with Gasteiger partial charge in [0.25, 0.3) is 0 Å². The number of hydrogen-bond donors (Lipinski definition) is 2. The van der Waals surface area contributed by atoms with Gasteiger partial charge >= 0.3 is 0 Å². The number of rotatable bonds is 12. The standard InChI is InChI=1S/C37H33F2N3O3/c38-31-18-16-29(17-19-31)28-14-12-26(13-15-28)25-42(37(44)21-20-36(43)41-24-30-7-1-2-9-33(30)39)34-10-3-4-11-35(34)45-32-8-5-6-27(22-32)23-40/h1-19,22H,20-21,23-25,40H2,(H,41,43). The number of hydrogen-bond acceptors (Lipinski definition) is 4. The Bertz CT molecular complexity index is 1760. The number of benzene rings is 5. The maximum atomic E-state index is 14.0. The zero-order valence-corrected chi connectivity index (χ0v) is 24.6. The second-order valence-electron chi connectivity index (χ2n) is 10.5. The Morgan fingerprint density at radius 3 is 2.16 bits per heavy atom. The van der Waals surface area contributed by atoms with Crippen LogP contribution in [-0.2, 0) is 29.2 Å². The second kappa shape index (κ2) is 14.9. The van der Waals surface area contributed by atoms with Crippen molar-refractivity contribution in [3.63, 3.8) is 0 Å². The van der Waals surface area contributed by atoms with Gasteiger partial charge in [0.1, 0.15) is 17.4 Å². The van der Waals surface area contributed by atoms with E-state index in [1.807, 2.05) is 60.7 Å². The minimum atomic E-state index is -0.404. The molecule has 0 aliphatic heterocycles. The number of carbonyl (C=O) groups excluding carboxylic acids is 2. The van der Waals surface area contributed by atoms with Crippen molar-refractivity contribution in [2.45, 2.75) is 32.5 Å². The van der Waals surface area contributed by atoms with Gasteiger partial charge in [-0.05, 0) is 64.7 Å². The van der Waals surface area contributed by atoms with Gasteiger partial charge in [0, 0.05) is 31.5 Å². The number of nitrogens with two attached hydrogens (primary N) is 1. The van der Waals surface area contributed by atoms with E-state index in [0.29, 0.717) is 29.3 Å². The average molecular weight is 606 g/mol. The number of halogens is 2. The first-order chi connectivity index (χ1) is 21.9. The molecule has 0 aromatic heterocycles. The summed E-state index contributed by atoms with van der Waals surface area (Å²) in [6.45, 7) is 0.599. The lowest BCUT2D eigenvalue weighted by atomic mass is 10.0. The van der Waals surface area contributed by atoms with E-state index in [4.69, 9.17) is 10.5 Å². The number of nitrogens with zero attached hydrogens (tertiary/aromatic N) is 1. The highest BCUT2D eigenvalue weighted by Gasteiger charge is 2.21. The molecule has 0 fully saturated rings. The Labute approximate surface area is 261 Å². The first-order valence-corrected chi connectivity index (χ1v) is 14.6. The minimum Gasteiger partial charge on any atom is -0.455 e. The van der Waals surface area contributed by atoms with Crippen LogP contribution in [0.15, 0.2) is 121 Å². The Morgan fingerprint density at radius 2 is 1.42 bits per heavy atom. The Kier molecular flexibility index (Phi) is 10.3. The maximum absolute atomic E-state index is 14.0. The van der Waals surface area contributed by atoms with Crippen LogP contribution in [0.2, 0.25) is 0 Å².